The van der Waals surface area contributed by atoms with Gasteiger partial charge in [-0.25, -0.2) is 4.98 Å². The Morgan fingerprint density at radius 3 is 2.67 bits per heavy atom. The number of rotatable bonds is 2. The zero-order chi connectivity index (χ0) is 15.0. The summed E-state index contributed by atoms with van der Waals surface area (Å²) in [5.74, 6) is 1.08. The van der Waals surface area contributed by atoms with Gasteiger partial charge in [-0.15, -0.1) is 0 Å². The number of anilines is 1. The van der Waals surface area contributed by atoms with Crippen molar-refractivity contribution in [3.63, 3.8) is 0 Å². The molecule has 4 heteroatoms. The molecule has 1 unspecified atom stereocenters. The number of hydrogen-bond donors (Lipinski definition) is 2. The van der Waals surface area contributed by atoms with Gasteiger partial charge in [-0.3, -0.25) is 4.79 Å². The van der Waals surface area contributed by atoms with E-state index in [4.69, 9.17) is 0 Å². The maximum atomic E-state index is 12.5. The summed E-state index contributed by atoms with van der Waals surface area (Å²) in [5.41, 5.74) is 5.48. The molecule has 0 saturated carbocycles. The number of aromatic amines is 1. The molecule has 1 aliphatic rings. The average Bonchev–Trinajstić information content (AvgIpc) is 2.76. The number of fused-ring (bicyclic) bond motifs is 1. The molecule has 1 atom stereocenters. The largest absolute Gasteiger partial charge is 0.346 e. The first-order valence-electron chi connectivity index (χ1n) is 7.45. The molecule has 110 valence electrons. The van der Waals surface area contributed by atoms with Gasteiger partial charge >= 0.3 is 0 Å². The van der Waals surface area contributed by atoms with Crippen LogP contribution in [0, 0.1) is 26.7 Å². The van der Waals surface area contributed by atoms with E-state index in [1.807, 2.05) is 32.9 Å². The lowest BCUT2D eigenvalue weighted by molar-refractivity contribution is -0.120. The predicted octanol–water partition coefficient (Wildman–Crippen LogP) is 3.08. The van der Waals surface area contributed by atoms with Crippen molar-refractivity contribution < 1.29 is 4.79 Å². The summed E-state index contributed by atoms with van der Waals surface area (Å²) in [6.07, 6.45) is 2.51. The van der Waals surface area contributed by atoms with E-state index in [-0.39, 0.29) is 11.8 Å². The summed E-state index contributed by atoms with van der Waals surface area (Å²) in [6.45, 7) is 6.05. The van der Waals surface area contributed by atoms with Crippen LogP contribution in [0.4, 0.5) is 5.69 Å². The lowest BCUT2D eigenvalue weighted by Crippen LogP contribution is -2.28. The normalized spacial score (nSPS) is 17.4. The number of imidazole rings is 1. The minimum Gasteiger partial charge on any atom is -0.346 e. The predicted molar refractivity (Wildman–Crippen MR) is 83.4 cm³/mol. The Labute approximate surface area is 125 Å². The zero-order valence-electron chi connectivity index (χ0n) is 12.8. The number of amides is 1. The quantitative estimate of drug-likeness (QED) is 0.890. The van der Waals surface area contributed by atoms with E-state index in [0.29, 0.717) is 0 Å². The van der Waals surface area contributed by atoms with E-state index < -0.39 is 0 Å². The summed E-state index contributed by atoms with van der Waals surface area (Å²) in [7, 11) is 0. The fourth-order valence-corrected chi connectivity index (χ4v) is 3.14. The summed E-state index contributed by atoms with van der Waals surface area (Å²) in [4.78, 5) is 20.2. The number of aromatic nitrogens is 2. The van der Waals surface area contributed by atoms with Crippen LogP contribution in [-0.4, -0.2) is 15.9 Å². The Bertz CT molecular complexity index is 667. The second kappa shape index (κ2) is 5.35. The van der Waals surface area contributed by atoms with Crippen molar-refractivity contribution in [3.8, 4) is 0 Å². The first-order valence-corrected chi connectivity index (χ1v) is 7.45. The fourth-order valence-electron chi connectivity index (χ4n) is 3.14. The molecule has 0 spiro atoms. The number of benzene rings is 1. The summed E-state index contributed by atoms with van der Waals surface area (Å²) >= 11 is 0. The molecular formula is C17H21N3O. The molecule has 21 heavy (non-hydrogen) atoms. The van der Waals surface area contributed by atoms with Crippen molar-refractivity contribution in [3.05, 3.63) is 46.5 Å². The van der Waals surface area contributed by atoms with Gasteiger partial charge in [0.2, 0.25) is 5.91 Å². The van der Waals surface area contributed by atoms with Crippen LogP contribution in [0.3, 0.4) is 0 Å². The molecule has 1 aromatic heterocycles. The van der Waals surface area contributed by atoms with Gasteiger partial charge in [-0.1, -0.05) is 6.07 Å². The molecule has 2 aromatic rings. The van der Waals surface area contributed by atoms with Crippen molar-refractivity contribution in [2.45, 2.75) is 40.0 Å². The smallest absolute Gasteiger partial charge is 0.227 e. The molecule has 1 amide bonds. The molecule has 0 bridgehead atoms. The summed E-state index contributed by atoms with van der Waals surface area (Å²) in [5, 5.41) is 3.06. The number of nitrogens with zero attached hydrogens (tertiary/aromatic N) is 1. The lowest BCUT2D eigenvalue weighted by Gasteiger charge is -2.20. The maximum absolute atomic E-state index is 12.5. The van der Waals surface area contributed by atoms with Crippen LogP contribution >= 0.6 is 0 Å². The van der Waals surface area contributed by atoms with Gasteiger partial charge < -0.3 is 10.3 Å². The Morgan fingerprint density at radius 2 is 1.95 bits per heavy atom. The first kappa shape index (κ1) is 13.9. The number of nitrogens with one attached hydrogen (secondary N) is 2. The molecule has 0 fully saturated rings. The Balaban J connectivity index is 1.72. The van der Waals surface area contributed by atoms with Gasteiger partial charge in [0.1, 0.15) is 5.82 Å². The number of aryl methyl sites for hydroxylation is 4. The molecule has 2 N–H and O–H groups in total. The van der Waals surface area contributed by atoms with Crippen LogP contribution < -0.4 is 5.32 Å². The third-order valence-electron chi connectivity index (χ3n) is 4.02. The van der Waals surface area contributed by atoms with E-state index in [0.717, 1.165) is 42.2 Å². The fraction of sp³-hybridized carbons (Fsp3) is 0.412. The minimum absolute atomic E-state index is 0.0261. The molecule has 3 rings (SSSR count). The van der Waals surface area contributed by atoms with Gasteiger partial charge in [0.05, 0.1) is 5.69 Å². The summed E-state index contributed by atoms with van der Waals surface area (Å²) in [6, 6.07) is 6.13. The average molecular weight is 283 g/mol. The van der Waals surface area contributed by atoms with Gasteiger partial charge in [0.25, 0.3) is 0 Å². The molecule has 0 radical (unpaired) electrons. The number of carbonyl (C=O) groups excluding carboxylic acids is 1. The monoisotopic (exact) mass is 283 g/mol. The van der Waals surface area contributed by atoms with Gasteiger partial charge in [0, 0.05) is 23.7 Å². The Morgan fingerprint density at radius 1 is 1.24 bits per heavy atom. The maximum Gasteiger partial charge on any atom is 0.227 e. The van der Waals surface area contributed by atoms with Crippen molar-refractivity contribution >= 4 is 11.6 Å². The topological polar surface area (TPSA) is 57.8 Å². The third kappa shape index (κ3) is 2.99. The number of carbonyl (C=O) groups is 1. The minimum atomic E-state index is 0.0261. The van der Waals surface area contributed by atoms with Crippen LogP contribution in [0.2, 0.25) is 0 Å². The second-order valence-corrected chi connectivity index (χ2v) is 6.05. The Kier molecular flexibility index (Phi) is 3.53. The van der Waals surface area contributed by atoms with E-state index in [1.165, 1.54) is 11.1 Å². The third-order valence-corrected chi connectivity index (χ3v) is 4.02. The van der Waals surface area contributed by atoms with E-state index in [9.17, 15) is 4.79 Å². The molecule has 1 aliphatic carbocycles. The zero-order valence-corrected chi connectivity index (χ0v) is 12.8. The van der Waals surface area contributed by atoms with Crippen molar-refractivity contribution in [1.29, 1.82) is 0 Å². The molecular weight excluding hydrogens is 262 g/mol. The van der Waals surface area contributed by atoms with Crippen LogP contribution in [0.25, 0.3) is 0 Å². The number of hydrogen-bond acceptors (Lipinski definition) is 2. The highest BCUT2D eigenvalue weighted by atomic mass is 16.1. The second-order valence-electron chi connectivity index (χ2n) is 6.05. The van der Waals surface area contributed by atoms with Gasteiger partial charge in [-0.05, 0) is 56.9 Å². The van der Waals surface area contributed by atoms with E-state index in [1.54, 1.807) is 0 Å². The number of H-pyrrole nitrogens is 1. The Hall–Kier alpha value is -2.10. The van der Waals surface area contributed by atoms with Crippen LogP contribution in [0.15, 0.2) is 18.2 Å². The molecule has 4 nitrogen and oxygen atoms in total. The highest BCUT2D eigenvalue weighted by molar-refractivity contribution is 5.93. The summed E-state index contributed by atoms with van der Waals surface area (Å²) < 4.78 is 0. The highest BCUT2D eigenvalue weighted by Gasteiger charge is 2.26. The lowest BCUT2D eigenvalue weighted by atomic mass is 9.89. The standard InChI is InChI=1S/C17H21N3O/c1-10-6-11(2)8-14(7-10)20-17(21)13-4-5-15-16(9-13)19-12(3)18-15/h6-8,13H,4-5,9H2,1-3H3,(H,18,19)(H,20,21). The SMILES string of the molecule is Cc1cc(C)cc(NC(=O)C2CCc3nc(C)[nH]c3C2)c1. The highest BCUT2D eigenvalue weighted by Crippen LogP contribution is 2.25. The van der Waals surface area contributed by atoms with Crippen molar-refractivity contribution in [2.24, 2.45) is 5.92 Å². The van der Waals surface area contributed by atoms with Crippen LogP contribution in [0.1, 0.15) is 34.8 Å². The molecule has 0 saturated heterocycles. The van der Waals surface area contributed by atoms with Gasteiger partial charge in [-0.2, -0.15) is 0 Å². The van der Waals surface area contributed by atoms with Crippen molar-refractivity contribution in [1.82, 2.24) is 9.97 Å². The molecule has 1 heterocycles. The van der Waals surface area contributed by atoms with Crippen LogP contribution in [0.5, 0.6) is 0 Å². The van der Waals surface area contributed by atoms with Crippen molar-refractivity contribution in [2.75, 3.05) is 5.32 Å². The first-order chi connectivity index (χ1) is 10.0. The van der Waals surface area contributed by atoms with Gasteiger partial charge in [0.15, 0.2) is 0 Å². The van der Waals surface area contributed by atoms with E-state index >= 15 is 0 Å². The molecule has 1 aromatic carbocycles. The van der Waals surface area contributed by atoms with E-state index in [2.05, 4.69) is 21.4 Å². The molecule has 0 aliphatic heterocycles. The van der Waals surface area contributed by atoms with Crippen LogP contribution in [-0.2, 0) is 17.6 Å².